The fraction of sp³-hybridized carbons (Fsp3) is 0.364. The summed E-state index contributed by atoms with van der Waals surface area (Å²) in [6.07, 6.45) is 0. The fourth-order valence-electron chi connectivity index (χ4n) is 3.28. The van der Waals surface area contributed by atoms with Crippen LogP contribution in [0.25, 0.3) is 11.0 Å². The van der Waals surface area contributed by atoms with Crippen molar-refractivity contribution in [3.05, 3.63) is 59.9 Å². The van der Waals surface area contributed by atoms with Crippen LogP contribution < -0.4 is 0 Å². The predicted molar refractivity (Wildman–Crippen MR) is 116 cm³/mol. The fourth-order valence-corrected chi connectivity index (χ4v) is 4.20. The summed E-state index contributed by atoms with van der Waals surface area (Å²) in [5.74, 6) is 0.225. The average molecular weight is 430 g/mol. The lowest BCUT2D eigenvalue weighted by Crippen LogP contribution is -2.31. The molecule has 3 aromatic rings. The second-order valence-corrected chi connectivity index (χ2v) is 9.93. The molecule has 0 atom stereocenters. The number of carbonyl (C=O) groups is 1. The Hall–Kier alpha value is -2.71. The van der Waals surface area contributed by atoms with Gasteiger partial charge in [0.05, 0.1) is 21.3 Å². The number of esters is 1. The Morgan fingerprint density at radius 1 is 1.13 bits per heavy atom. The molecule has 3 rings (SSSR count). The van der Waals surface area contributed by atoms with E-state index in [-0.39, 0.29) is 17.5 Å². The second-order valence-electron chi connectivity index (χ2n) is 7.78. The quantitative estimate of drug-likeness (QED) is 0.538. The van der Waals surface area contributed by atoms with E-state index in [1.807, 2.05) is 55.7 Å². The highest BCUT2D eigenvalue weighted by Crippen LogP contribution is 2.26. The van der Waals surface area contributed by atoms with Crippen LogP contribution in [-0.2, 0) is 38.1 Å². The van der Waals surface area contributed by atoms with E-state index in [1.165, 1.54) is 18.4 Å². The summed E-state index contributed by atoms with van der Waals surface area (Å²) in [7, 11) is -0.576. The summed E-state index contributed by atoms with van der Waals surface area (Å²) in [5.41, 5.74) is 1.42. The third kappa shape index (κ3) is 3.97. The number of nitrogens with zero attached hydrogens (tertiary/aromatic N) is 3. The van der Waals surface area contributed by atoms with Crippen molar-refractivity contribution in [2.45, 2.75) is 44.2 Å². The van der Waals surface area contributed by atoms with Crippen LogP contribution in [0.4, 0.5) is 0 Å². The van der Waals surface area contributed by atoms with Crippen molar-refractivity contribution in [1.82, 2.24) is 13.9 Å². The van der Waals surface area contributed by atoms with E-state index in [1.54, 1.807) is 18.2 Å². The molecule has 0 fully saturated rings. The molecule has 0 N–H and O–H groups in total. The molecular weight excluding hydrogens is 402 g/mol. The van der Waals surface area contributed by atoms with E-state index in [2.05, 4.69) is 4.98 Å². The summed E-state index contributed by atoms with van der Waals surface area (Å²) < 4.78 is 33.5. The Kier molecular flexibility index (Phi) is 6.01. The van der Waals surface area contributed by atoms with Crippen LogP contribution in [0.1, 0.15) is 32.2 Å². The molecule has 0 aliphatic carbocycles. The van der Waals surface area contributed by atoms with Crippen molar-refractivity contribution in [3.8, 4) is 0 Å². The number of hydrogen-bond acceptors (Lipinski definition) is 5. The van der Waals surface area contributed by atoms with Gasteiger partial charge >= 0.3 is 5.97 Å². The zero-order valence-corrected chi connectivity index (χ0v) is 18.7. The van der Waals surface area contributed by atoms with Gasteiger partial charge in [-0.05, 0) is 44.5 Å². The molecule has 8 heteroatoms. The van der Waals surface area contributed by atoms with Crippen molar-refractivity contribution in [2.24, 2.45) is 0 Å². The first-order chi connectivity index (χ1) is 14.1. The minimum Gasteiger partial charge on any atom is -0.457 e. The van der Waals surface area contributed by atoms with Crippen molar-refractivity contribution in [2.75, 3.05) is 14.1 Å². The molecule has 0 aliphatic rings. The third-order valence-electron chi connectivity index (χ3n) is 5.23. The first kappa shape index (κ1) is 22.0. The minimum absolute atomic E-state index is 0.00732. The van der Waals surface area contributed by atoms with Gasteiger partial charge in [-0.15, -0.1) is 0 Å². The van der Waals surface area contributed by atoms with Gasteiger partial charge < -0.3 is 9.30 Å². The highest BCUT2D eigenvalue weighted by atomic mass is 32.2. The third-order valence-corrected chi connectivity index (χ3v) is 7.04. The molecule has 0 amide bonds. The van der Waals surface area contributed by atoms with Crippen molar-refractivity contribution in [1.29, 1.82) is 0 Å². The minimum atomic E-state index is -3.56. The maximum Gasteiger partial charge on any atom is 0.316 e. The lowest BCUT2D eigenvalue weighted by molar-refractivity contribution is -0.151. The van der Waals surface area contributed by atoms with Gasteiger partial charge in [-0.2, -0.15) is 0 Å². The zero-order chi connectivity index (χ0) is 22.1. The zero-order valence-electron chi connectivity index (χ0n) is 17.9. The number of hydrogen-bond donors (Lipinski definition) is 0. The molecule has 0 aliphatic heterocycles. The van der Waals surface area contributed by atoms with Gasteiger partial charge in [-0.25, -0.2) is 17.7 Å². The molecule has 160 valence electrons. The van der Waals surface area contributed by atoms with E-state index >= 15 is 0 Å². The summed E-state index contributed by atoms with van der Waals surface area (Å²) >= 11 is 0. The number of benzene rings is 2. The largest absolute Gasteiger partial charge is 0.457 e. The van der Waals surface area contributed by atoms with Crippen LogP contribution in [0.15, 0.2) is 53.4 Å². The predicted octanol–water partition coefficient (Wildman–Crippen LogP) is 3.33. The Balaban J connectivity index is 1.88. The van der Waals surface area contributed by atoms with Gasteiger partial charge in [0, 0.05) is 20.6 Å². The number of aromatic nitrogens is 2. The van der Waals surface area contributed by atoms with Crippen molar-refractivity contribution < 1.29 is 17.9 Å². The molecule has 0 bridgehead atoms. The highest BCUT2D eigenvalue weighted by molar-refractivity contribution is 7.89. The lowest BCUT2D eigenvalue weighted by Gasteiger charge is -2.23. The maximum absolute atomic E-state index is 12.8. The Labute approximate surface area is 177 Å². The molecule has 1 heterocycles. The normalized spacial score (nSPS) is 12.5. The molecule has 30 heavy (non-hydrogen) atoms. The molecule has 0 radical (unpaired) electrons. The first-order valence-electron chi connectivity index (χ1n) is 9.73. The molecule has 0 saturated heterocycles. The molecule has 0 spiro atoms. The van der Waals surface area contributed by atoms with Crippen LogP contribution in [0.5, 0.6) is 0 Å². The smallest absolute Gasteiger partial charge is 0.316 e. The molecule has 2 aromatic carbocycles. The Bertz CT molecular complexity index is 1170. The van der Waals surface area contributed by atoms with E-state index in [0.717, 1.165) is 11.1 Å². The highest BCUT2D eigenvalue weighted by Gasteiger charge is 2.31. The van der Waals surface area contributed by atoms with Crippen LogP contribution in [0.2, 0.25) is 0 Å². The summed E-state index contributed by atoms with van der Waals surface area (Å²) in [6, 6.07) is 14.3. The summed E-state index contributed by atoms with van der Waals surface area (Å²) in [4.78, 5) is 17.5. The van der Waals surface area contributed by atoms with Crippen molar-refractivity contribution in [3.63, 3.8) is 0 Å². The molecule has 0 saturated carbocycles. The molecular formula is C22H27N3O4S. The van der Waals surface area contributed by atoms with E-state index in [4.69, 9.17) is 4.74 Å². The summed E-state index contributed by atoms with van der Waals surface area (Å²) in [6.45, 7) is 6.24. The topological polar surface area (TPSA) is 81.5 Å². The van der Waals surface area contributed by atoms with Gasteiger partial charge in [0.15, 0.2) is 0 Å². The lowest BCUT2D eigenvalue weighted by atomic mass is 9.85. The number of aryl methyl sites for hydroxylation is 1. The number of sulfonamides is 1. The molecule has 7 nitrogen and oxygen atoms in total. The van der Waals surface area contributed by atoms with Gasteiger partial charge in [-0.1, -0.05) is 30.3 Å². The van der Waals surface area contributed by atoms with Gasteiger partial charge in [0.1, 0.15) is 12.4 Å². The SMILES string of the molecule is CCn1c(COC(=O)C(C)(C)c2ccccc2)nc2cc(S(=O)(=O)N(C)C)ccc21. The number of fused-ring (bicyclic) bond motifs is 1. The number of rotatable bonds is 7. The molecule has 1 aromatic heterocycles. The maximum atomic E-state index is 12.8. The Morgan fingerprint density at radius 3 is 2.40 bits per heavy atom. The van der Waals surface area contributed by atoms with E-state index in [9.17, 15) is 13.2 Å². The van der Waals surface area contributed by atoms with Gasteiger partial charge in [0.2, 0.25) is 10.0 Å². The van der Waals surface area contributed by atoms with Gasteiger partial charge in [-0.3, -0.25) is 4.79 Å². The first-order valence-corrected chi connectivity index (χ1v) is 11.2. The summed E-state index contributed by atoms with van der Waals surface area (Å²) in [5, 5.41) is 0. The van der Waals surface area contributed by atoms with Crippen LogP contribution in [0.3, 0.4) is 0 Å². The average Bonchev–Trinajstić information content (AvgIpc) is 3.08. The standard InChI is InChI=1S/C22H27N3O4S/c1-6-25-19-13-12-17(30(27,28)24(4)5)14-18(19)23-20(25)15-29-21(26)22(2,3)16-10-8-7-9-11-16/h7-14H,6,15H2,1-5H3. The van der Waals surface area contributed by atoms with Crippen molar-refractivity contribution >= 4 is 27.0 Å². The van der Waals surface area contributed by atoms with Crippen LogP contribution in [0, 0.1) is 0 Å². The van der Waals surface area contributed by atoms with E-state index in [0.29, 0.717) is 17.9 Å². The molecule has 0 unspecified atom stereocenters. The second kappa shape index (κ2) is 8.20. The number of imidazole rings is 1. The monoisotopic (exact) mass is 429 g/mol. The number of carbonyl (C=O) groups excluding carboxylic acids is 1. The number of ether oxygens (including phenoxy) is 1. The van der Waals surface area contributed by atoms with Crippen LogP contribution >= 0.6 is 0 Å². The van der Waals surface area contributed by atoms with Gasteiger partial charge in [0.25, 0.3) is 0 Å². The Morgan fingerprint density at radius 2 is 1.80 bits per heavy atom. The van der Waals surface area contributed by atoms with E-state index < -0.39 is 15.4 Å². The van der Waals surface area contributed by atoms with Crippen LogP contribution in [-0.4, -0.2) is 42.3 Å².